The van der Waals surface area contributed by atoms with Crippen molar-refractivity contribution in [3.63, 3.8) is 0 Å². The zero-order chi connectivity index (χ0) is 14.3. The fourth-order valence-corrected chi connectivity index (χ4v) is 3.64. The predicted molar refractivity (Wildman–Crippen MR) is 76.7 cm³/mol. The van der Waals surface area contributed by atoms with Crippen LogP contribution < -0.4 is 9.03 Å². The first kappa shape index (κ1) is 12.8. The van der Waals surface area contributed by atoms with Crippen LogP contribution in [0.25, 0.3) is 11.1 Å². The molecular formula is C12H10N2O4S2. The quantitative estimate of drug-likeness (QED) is 0.792. The summed E-state index contributed by atoms with van der Waals surface area (Å²) in [4.78, 5) is 0. The van der Waals surface area contributed by atoms with Gasteiger partial charge in [0.25, 0.3) is 0 Å². The molecule has 104 valence electrons. The lowest BCUT2D eigenvalue weighted by Gasteiger charge is -2.15. The molecule has 1 aromatic carbocycles. The van der Waals surface area contributed by atoms with Gasteiger partial charge in [-0.2, -0.15) is 19.8 Å². The third kappa shape index (κ3) is 2.08. The van der Waals surface area contributed by atoms with Crippen LogP contribution in [0.15, 0.2) is 47.1 Å². The first-order chi connectivity index (χ1) is 9.47. The summed E-state index contributed by atoms with van der Waals surface area (Å²) < 4.78 is 26.2. The number of hydrogen-bond acceptors (Lipinski definition) is 5. The molecule has 0 aliphatic carbocycles. The summed E-state index contributed by atoms with van der Waals surface area (Å²) in [5.74, 6) is -0.684. The van der Waals surface area contributed by atoms with E-state index in [4.69, 9.17) is 0 Å². The second-order valence-corrected chi connectivity index (χ2v) is 6.46. The van der Waals surface area contributed by atoms with Gasteiger partial charge in [0.1, 0.15) is 11.4 Å². The normalized spacial score (nSPS) is 16.8. The topological polar surface area (TPSA) is 89.9 Å². The Morgan fingerprint density at radius 1 is 1.15 bits per heavy atom. The third-order valence-electron chi connectivity index (χ3n) is 2.80. The molecule has 0 saturated carbocycles. The molecular weight excluding hydrogens is 300 g/mol. The number of hydrogen-bond donors (Lipinski definition) is 3. The lowest BCUT2D eigenvalue weighted by atomic mass is 10.1. The van der Waals surface area contributed by atoms with Crippen LogP contribution in [0, 0.1) is 0 Å². The fraction of sp³-hybridized carbons (Fsp3) is 0. The average molecular weight is 310 g/mol. The maximum atomic E-state index is 11.7. The number of benzene rings is 1. The molecule has 1 aromatic heterocycles. The van der Waals surface area contributed by atoms with Crippen LogP contribution in [-0.2, 0) is 10.2 Å². The molecule has 8 heteroatoms. The van der Waals surface area contributed by atoms with Gasteiger partial charge in [0.2, 0.25) is 5.88 Å². The Bertz CT molecular complexity index is 782. The molecule has 20 heavy (non-hydrogen) atoms. The van der Waals surface area contributed by atoms with Crippen molar-refractivity contribution in [1.82, 2.24) is 4.72 Å². The highest BCUT2D eigenvalue weighted by Crippen LogP contribution is 2.35. The Hall–Kier alpha value is -2.19. The number of rotatable bonds is 2. The van der Waals surface area contributed by atoms with Crippen molar-refractivity contribution in [2.45, 2.75) is 0 Å². The number of anilines is 1. The van der Waals surface area contributed by atoms with Crippen LogP contribution in [0.5, 0.6) is 5.75 Å². The Kier molecular flexibility index (Phi) is 2.84. The molecule has 0 amide bonds. The zero-order valence-corrected chi connectivity index (χ0v) is 11.6. The molecule has 0 atom stereocenters. The van der Waals surface area contributed by atoms with Crippen LogP contribution in [0.2, 0.25) is 0 Å². The highest BCUT2D eigenvalue weighted by atomic mass is 32.2. The molecule has 0 spiro atoms. The van der Waals surface area contributed by atoms with E-state index in [9.17, 15) is 18.6 Å². The summed E-state index contributed by atoms with van der Waals surface area (Å²) in [7, 11) is -3.90. The molecule has 0 fully saturated rings. The Balaban J connectivity index is 2.05. The number of thiophene rings is 1. The van der Waals surface area contributed by atoms with Gasteiger partial charge in [0.15, 0.2) is 0 Å². The minimum absolute atomic E-state index is 0.0699. The van der Waals surface area contributed by atoms with E-state index in [1.54, 1.807) is 6.07 Å². The molecule has 3 rings (SSSR count). The van der Waals surface area contributed by atoms with Gasteiger partial charge >= 0.3 is 10.2 Å². The standard InChI is InChI=1S/C12H10N2O4S2/c15-11-5-8(9-3-4-19-7-9)1-2-10(11)14-6-12(16)13-20(14,17)18/h1-7,13,15-16H. The van der Waals surface area contributed by atoms with Crippen molar-refractivity contribution in [2.24, 2.45) is 0 Å². The van der Waals surface area contributed by atoms with Gasteiger partial charge in [0.05, 0.1) is 6.20 Å². The van der Waals surface area contributed by atoms with Gasteiger partial charge < -0.3 is 10.2 Å². The number of phenolic OH excluding ortho intramolecular Hbond substituents is 1. The summed E-state index contributed by atoms with van der Waals surface area (Å²) in [6.45, 7) is 0. The monoisotopic (exact) mass is 310 g/mol. The van der Waals surface area contributed by atoms with Crippen molar-refractivity contribution >= 4 is 27.2 Å². The summed E-state index contributed by atoms with van der Waals surface area (Å²) in [5.41, 5.74) is 1.79. The van der Waals surface area contributed by atoms with E-state index in [0.29, 0.717) is 0 Å². The molecule has 1 aliphatic rings. The molecule has 0 unspecified atom stereocenters. The predicted octanol–water partition coefficient (Wildman–Crippen LogP) is 2.13. The van der Waals surface area contributed by atoms with Crippen molar-refractivity contribution in [3.05, 3.63) is 47.1 Å². The number of nitrogens with zero attached hydrogens (tertiary/aromatic N) is 1. The van der Waals surface area contributed by atoms with E-state index >= 15 is 0 Å². The Labute approximate surface area is 119 Å². The van der Waals surface area contributed by atoms with Crippen molar-refractivity contribution in [3.8, 4) is 16.9 Å². The molecule has 1 aliphatic heterocycles. The first-order valence-corrected chi connectivity index (χ1v) is 7.94. The van der Waals surface area contributed by atoms with E-state index in [1.807, 2.05) is 21.5 Å². The van der Waals surface area contributed by atoms with E-state index in [-0.39, 0.29) is 11.4 Å². The van der Waals surface area contributed by atoms with Crippen molar-refractivity contribution < 1.29 is 18.6 Å². The number of aliphatic hydroxyl groups is 1. The second-order valence-electron chi connectivity index (χ2n) is 4.13. The molecule has 6 nitrogen and oxygen atoms in total. The van der Waals surface area contributed by atoms with E-state index < -0.39 is 16.1 Å². The molecule has 2 heterocycles. The van der Waals surface area contributed by atoms with Gasteiger partial charge in [-0.05, 0) is 40.1 Å². The van der Waals surface area contributed by atoms with Crippen LogP contribution in [0.1, 0.15) is 0 Å². The minimum atomic E-state index is -3.90. The number of nitrogens with one attached hydrogen (secondary N) is 1. The molecule has 0 radical (unpaired) electrons. The largest absolute Gasteiger partial charge is 0.506 e. The molecule has 2 aromatic rings. The van der Waals surface area contributed by atoms with Crippen molar-refractivity contribution in [2.75, 3.05) is 4.31 Å². The van der Waals surface area contributed by atoms with Gasteiger partial charge in [-0.25, -0.2) is 9.03 Å². The number of aliphatic hydroxyl groups excluding tert-OH is 1. The number of phenols is 1. The molecule has 3 N–H and O–H groups in total. The summed E-state index contributed by atoms with van der Waals surface area (Å²) in [6.07, 6.45) is 0.995. The zero-order valence-electron chi connectivity index (χ0n) is 10.0. The molecule has 0 bridgehead atoms. The maximum Gasteiger partial charge on any atom is 0.330 e. The van der Waals surface area contributed by atoms with Gasteiger partial charge in [-0.15, -0.1) is 0 Å². The van der Waals surface area contributed by atoms with Crippen LogP contribution in [0.4, 0.5) is 5.69 Å². The SMILES string of the molecule is O=S1(=O)NC(O)=CN1c1ccc(-c2ccsc2)cc1O. The lowest BCUT2D eigenvalue weighted by molar-refractivity contribution is 0.392. The Morgan fingerprint density at radius 3 is 2.50 bits per heavy atom. The van der Waals surface area contributed by atoms with E-state index in [1.165, 1.54) is 23.5 Å². The van der Waals surface area contributed by atoms with Crippen LogP contribution in [-0.4, -0.2) is 18.6 Å². The van der Waals surface area contributed by atoms with Gasteiger partial charge in [-0.3, -0.25) is 0 Å². The smallest absolute Gasteiger partial charge is 0.330 e. The van der Waals surface area contributed by atoms with Crippen LogP contribution >= 0.6 is 11.3 Å². The van der Waals surface area contributed by atoms with Crippen molar-refractivity contribution in [1.29, 1.82) is 0 Å². The summed E-state index contributed by atoms with van der Waals surface area (Å²) >= 11 is 1.53. The summed E-state index contributed by atoms with van der Waals surface area (Å²) in [6, 6.07) is 6.57. The minimum Gasteiger partial charge on any atom is -0.506 e. The Morgan fingerprint density at radius 2 is 1.95 bits per heavy atom. The third-order valence-corrected chi connectivity index (χ3v) is 4.77. The first-order valence-electron chi connectivity index (χ1n) is 5.56. The average Bonchev–Trinajstić information content (AvgIpc) is 2.97. The van der Waals surface area contributed by atoms with Crippen LogP contribution in [0.3, 0.4) is 0 Å². The highest BCUT2D eigenvalue weighted by Gasteiger charge is 2.30. The maximum absolute atomic E-state index is 11.7. The second kappa shape index (κ2) is 4.43. The van der Waals surface area contributed by atoms with Gasteiger partial charge in [-0.1, -0.05) is 6.07 Å². The lowest BCUT2D eigenvalue weighted by Crippen LogP contribution is -2.29. The fourth-order valence-electron chi connectivity index (χ4n) is 1.91. The highest BCUT2D eigenvalue weighted by molar-refractivity contribution is 7.91. The van der Waals surface area contributed by atoms with E-state index in [2.05, 4.69) is 0 Å². The van der Waals surface area contributed by atoms with E-state index in [0.717, 1.165) is 21.6 Å². The van der Waals surface area contributed by atoms with Gasteiger partial charge in [0, 0.05) is 0 Å². The summed E-state index contributed by atoms with van der Waals surface area (Å²) in [5, 5.41) is 23.1. The number of aromatic hydroxyl groups is 1. The molecule has 0 saturated heterocycles.